The lowest BCUT2D eigenvalue weighted by Crippen LogP contribution is -2.70. The molecule has 2 radical (unpaired) electrons. The maximum Gasteiger partial charge on any atom is 0.481 e. The Labute approximate surface area is 115 Å². The van der Waals surface area contributed by atoms with Crippen molar-refractivity contribution in [2.24, 2.45) is 17.8 Å². The van der Waals surface area contributed by atoms with Crippen LogP contribution in [-0.2, 0) is 0 Å². The predicted octanol–water partition coefficient (Wildman–Crippen LogP) is 1.10. The monoisotopic (exact) mass is 256 g/mol. The van der Waals surface area contributed by atoms with Gasteiger partial charge in [0.1, 0.15) is 6.10 Å². The molecule has 0 spiro atoms. The molecule has 5 heteroatoms. The molecule has 1 aromatic rings. The molecule has 19 heavy (non-hydrogen) atoms. The zero-order valence-corrected chi connectivity index (χ0v) is 11.3. The number of hydrogen-bond donors (Lipinski definition) is 0. The topological polar surface area (TPSA) is 35.0 Å². The zero-order chi connectivity index (χ0) is 13.0. The fourth-order valence-electron chi connectivity index (χ4n) is 4.61. The average molecular weight is 256 g/mol. The molecule has 4 aliphatic rings. The number of aromatic nitrogens is 2. The number of quaternary nitrogens is 1. The number of hydrogen-bond acceptors (Lipinski definition) is 3. The molecule has 4 heterocycles. The van der Waals surface area contributed by atoms with Crippen molar-refractivity contribution in [1.82, 2.24) is 9.97 Å². The summed E-state index contributed by atoms with van der Waals surface area (Å²) in [4.78, 5) is 8.59. The van der Waals surface area contributed by atoms with Crippen LogP contribution in [0.4, 0.5) is 0 Å². The van der Waals surface area contributed by atoms with Gasteiger partial charge in [-0.15, -0.1) is 0 Å². The first-order valence-electron chi connectivity index (χ1n) is 7.21. The highest BCUT2D eigenvalue weighted by atomic mass is 16.5. The van der Waals surface area contributed by atoms with Gasteiger partial charge in [0.2, 0.25) is 5.88 Å². The van der Waals surface area contributed by atoms with Gasteiger partial charge in [-0.05, 0) is 19.8 Å². The molecule has 1 saturated carbocycles. The zero-order valence-electron chi connectivity index (χ0n) is 11.3. The average Bonchev–Trinajstić information content (AvgIpc) is 2.32. The van der Waals surface area contributed by atoms with Gasteiger partial charge in [-0.2, -0.15) is 0 Å². The second-order valence-electron chi connectivity index (χ2n) is 6.71. The summed E-state index contributed by atoms with van der Waals surface area (Å²) in [5, 5.41) is 0. The fourth-order valence-corrected chi connectivity index (χ4v) is 4.61. The van der Waals surface area contributed by atoms with Crippen molar-refractivity contribution in [3.63, 3.8) is 0 Å². The van der Waals surface area contributed by atoms with Gasteiger partial charge in [0.15, 0.2) is 0 Å². The molecular formula is C14H19BN3O+. The third kappa shape index (κ3) is 1.95. The van der Waals surface area contributed by atoms with Crippen LogP contribution >= 0.6 is 0 Å². The van der Waals surface area contributed by atoms with Crippen LogP contribution in [-0.4, -0.2) is 48.1 Å². The minimum Gasteiger partial charge on any atom is -0.472 e. The van der Waals surface area contributed by atoms with E-state index in [9.17, 15) is 0 Å². The van der Waals surface area contributed by atoms with E-state index in [1.807, 2.05) is 6.92 Å². The molecule has 4 fully saturated rings. The number of aryl methyl sites for hydroxylation is 1. The minimum atomic E-state index is 0.294. The van der Waals surface area contributed by atoms with E-state index >= 15 is 0 Å². The van der Waals surface area contributed by atoms with E-state index < -0.39 is 0 Å². The van der Waals surface area contributed by atoms with Gasteiger partial charge in [0.25, 0.3) is 0 Å². The highest BCUT2D eigenvalue weighted by molar-refractivity contribution is 5.97. The van der Waals surface area contributed by atoms with Gasteiger partial charge in [-0.1, -0.05) is 0 Å². The van der Waals surface area contributed by atoms with E-state index in [1.54, 1.807) is 12.4 Å². The highest BCUT2D eigenvalue weighted by Crippen LogP contribution is 2.47. The van der Waals surface area contributed by atoms with Crippen LogP contribution in [0.2, 0.25) is 0 Å². The van der Waals surface area contributed by atoms with Crippen molar-refractivity contribution in [2.45, 2.75) is 25.9 Å². The largest absolute Gasteiger partial charge is 0.481 e. The van der Waals surface area contributed by atoms with E-state index in [0.717, 1.165) is 29.1 Å². The van der Waals surface area contributed by atoms with Crippen molar-refractivity contribution in [3.05, 3.63) is 18.1 Å². The summed E-state index contributed by atoms with van der Waals surface area (Å²) in [7, 11) is 6.45. The van der Waals surface area contributed by atoms with Crippen LogP contribution < -0.4 is 4.74 Å². The molecule has 1 aliphatic carbocycles. The molecule has 3 saturated heterocycles. The molecule has 2 atom stereocenters. The van der Waals surface area contributed by atoms with Gasteiger partial charge in [-0.25, -0.2) is 4.98 Å². The normalized spacial score (nSPS) is 43.4. The van der Waals surface area contributed by atoms with Gasteiger partial charge in [-0.3, -0.25) is 4.98 Å². The Balaban J connectivity index is 1.57. The first kappa shape index (κ1) is 11.7. The molecular weight excluding hydrogens is 237 g/mol. The lowest BCUT2D eigenvalue weighted by molar-refractivity contribution is -0.852. The smallest absolute Gasteiger partial charge is 0.472 e. The number of rotatable bonds is 2. The summed E-state index contributed by atoms with van der Waals surface area (Å²) in [6.45, 7) is 5.25. The van der Waals surface area contributed by atoms with Crippen LogP contribution in [0, 0.1) is 24.7 Å². The first-order valence-corrected chi connectivity index (χ1v) is 7.21. The summed E-state index contributed by atoms with van der Waals surface area (Å²) in [5.41, 5.74) is 0.910. The Bertz CT molecular complexity index is 493. The van der Waals surface area contributed by atoms with E-state index in [1.165, 1.54) is 19.4 Å². The van der Waals surface area contributed by atoms with Crippen LogP contribution in [0.25, 0.3) is 0 Å². The molecule has 1 aromatic heterocycles. The first-order chi connectivity index (χ1) is 9.11. The van der Waals surface area contributed by atoms with Crippen LogP contribution in [0.1, 0.15) is 18.5 Å². The SMILES string of the molecule is [B][N+]12CC3CC(C1)C(Oc1cncc(C)n1)C(C3)C2. The molecule has 0 aromatic carbocycles. The van der Waals surface area contributed by atoms with Gasteiger partial charge in [0.05, 0.1) is 31.5 Å². The van der Waals surface area contributed by atoms with E-state index in [0.29, 0.717) is 23.8 Å². The predicted molar refractivity (Wildman–Crippen MR) is 71.5 cm³/mol. The molecule has 2 unspecified atom stereocenters. The molecule has 98 valence electrons. The van der Waals surface area contributed by atoms with E-state index in [4.69, 9.17) is 12.7 Å². The number of piperidine rings is 3. The third-order valence-corrected chi connectivity index (χ3v) is 5.01. The van der Waals surface area contributed by atoms with E-state index in [-0.39, 0.29) is 0 Å². The Morgan fingerprint density at radius 3 is 2.58 bits per heavy atom. The van der Waals surface area contributed by atoms with Crippen LogP contribution in [0.15, 0.2) is 12.4 Å². The van der Waals surface area contributed by atoms with Crippen molar-refractivity contribution < 1.29 is 9.13 Å². The minimum absolute atomic E-state index is 0.294. The number of nitrogens with zero attached hydrogens (tertiary/aromatic N) is 3. The van der Waals surface area contributed by atoms with Gasteiger partial charge in [0, 0.05) is 24.0 Å². The fraction of sp³-hybridized carbons (Fsp3) is 0.714. The summed E-state index contributed by atoms with van der Waals surface area (Å²) in [5.74, 6) is 2.68. The molecule has 5 rings (SSSR count). The van der Waals surface area contributed by atoms with E-state index in [2.05, 4.69) is 9.97 Å². The second kappa shape index (κ2) is 3.95. The summed E-state index contributed by atoms with van der Waals surface area (Å²) < 4.78 is 6.96. The van der Waals surface area contributed by atoms with Gasteiger partial charge >= 0.3 is 7.98 Å². The molecule has 0 amide bonds. The quantitative estimate of drug-likeness (QED) is 0.743. The van der Waals surface area contributed by atoms with Crippen LogP contribution in [0.5, 0.6) is 5.88 Å². The Morgan fingerprint density at radius 2 is 1.95 bits per heavy atom. The van der Waals surface area contributed by atoms with Crippen molar-refractivity contribution in [2.75, 3.05) is 19.6 Å². The summed E-state index contributed by atoms with van der Waals surface area (Å²) in [6.07, 6.45) is 6.33. The van der Waals surface area contributed by atoms with Crippen molar-refractivity contribution >= 4 is 7.98 Å². The standard InChI is InChI=1S/C14H19BN3O/c1-9-4-16-5-13(17-9)19-14-11-2-10-3-12(14)8-18(15,6-10)7-11/h4-5,10-12,14H,2-3,6-8H2,1H3/q+1. The van der Waals surface area contributed by atoms with Gasteiger partial charge < -0.3 is 9.13 Å². The molecule has 4 bridgehead atoms. The highest BCUT2D eigenvalue weighted by Gasteiger charge is 2.55. The summed E-state index contributed by atoms with van der Waals surface area (Å²) >= 11 is 0. The number of ether oxygens (including phenoxy) is 1. The maximum absolute atomic E-state index is 6.45. The molecule has 0 N–H and O–H groups in total. The van der Waals surface area contributed by atoms with Crippen LogP contribution in [0.3, 0.4) is 0 Å². The Morgan fingerprint density at radius 1 is 1.21 bits per heavy atom. The molecule has 3 aliphatic heterocycles. The lowest BCUT2D eigenvalue weighted by atomic mass is 9.63. The second-order valence-corrected chi connectivity index (χ2v) is 6.71. The van der Waals surface area contributed by atoms with Crippen molar-refractivity contribution in [1.29, 1.82) is 0 Å². The summed E-state index contributed by atoms with van der Waals surface area (Å²) in [6, 6.07) is 0. The Kier molecular flexibility index (Phi) is 2.43. The maximum atomic E-state index is 6.45. The van der Waals surface area contributed by atoms with Crippen molar-refractivity contribution in [3.8, 4) is 5.88 Å². The molecule has 4 nitrogen and oxygen atoms in total. The third-order valence-electron chi connectivity index (χ3n) is 5.01. The Hall–Kier alpha value is -1.10. The lowest BCUT2D eigenvalue weighted by Gasteiger charge is -2.59.